The van der Waals surface area contributed by atoms with Gasteiger partial charge < -0.3 is 25.3 Å². The zero-order chi connectivity index (χ0) is 20.5. The molecule has 2 heterocycles. The average Bonchev–Trinajstić information content (AvgIpc) is 2.94. The molecule has 0 radical (unpaired) electrons. The van der Waals surface area contributed by atoms with Crippen LogP contribution in [-0.2, 0) is 34.0 Å². The number of fused-ring (bicyclic) bond motifs is 2. The third-order valence-electron chi connectivity index (χ3n) is 4.77. The average molecular weight is 386 g/mol. The monoisotopic (exact) mass is 386 g/mol. The van der Waals surface area contributed by atoms with E-state index in [1.807, 2.05) is 6.92 Å². The molecule has 1 aromatic rings. The van der Waals surface area contributed by atoms with Crippen LogP contribution in [0.15, 0.2) is 47.1 Å². The molecule has 148 valence electrons. The Labute approximate surface area is 162 Å². The lowest BCUT2D eigenvalue weighted by atomic mass is 9.67. The molecule has 0 aromatic heterocycles. The van der Waals surface area contributed by atoms with Gasteiger partial charge in [-0.15, -0.1) is 0 Å². The zero-order valence-electron chi connectivity index (χ0n) is 16.0. The lowest BCUT2D eigenvalue weighted by molar-refractivity contribution is -0.142. The number of ether oxygens (including phenoxy) is 3. The van der Waals surface area contributed by atoms with Gasteiger partial charge in [-0.1, -0.05) is 25.1 Å². The van der Waals surface area contributed by atoms with E-state index in [1.54, 1.807) is 31.2 Å². The van der Waals surface area contributed by atoms with Crippen LogP contribution < -0.4 is 11.1 Å². The number of carbonyl (C=O) groups is 3. The fraction of sp³-hybridized carbons (Fsp3) is 0.350. The predicted octanol–water partition coefficient (Wildman–Crippen LogP) is 1.87. The van der Waals surface area contributed by atoms with Gasteiger partial charge in [-0.3, -0.25) is 4.79 Å². The first kappa shape index (κ1) is 19.5. The first-order valence-electron chi connectivity index (χ1n) is 9.01. The smallest absolute Gasteiger partial charge is 0.340 e. The third-order valence-corrected chi connectivity index (χ3v) is 4.77. The number of allylic oxidation sites excluding steroid dienone is 1. The van der Waals surface area contributed by atoms with E-state index >= 15 is 0 Å². The number of nitrogens with one attached hydrogen (secondary N) is 1. The molecule has 2 aliphatic rings. The van der Waals surface area contributed by atoms with Crippen LogP contribution in [0.25, 0.3) is 0 Å². The van der Waals surface area contributed by atoms with Crippen LogP contribution in [0.3, 0.4) is 0 Å². The minimum atomic E-state index is -1.80. The summed E-state index contributed by atoms with van der Waals surface area (Å²) >= 11 is 0. The number of benzene rings is 1. The normalized spacial score (nSPS) is 20.6. The van der Waals surface area contributed by atoms with Gasteiger partial charge in [0, 0.05) is 17.7 Å². The number of para-hydroxylation sites is 1. The molecular weight excluding hydrogens is 364 g/mol. The first-order chi connectivity index (χ1) is 13.4. The van der Waals surface area contributed by atoms with E-state index in [0.717, 1.165) is 0 Å². The summed E-state index contributed by atoms with van der Waals surface area (Å²) in [5, 5.41) is 2.74. The van der Waals surface area contributed by atoms with E-state index in [9.17, 15) is 14.4 Å². The van der Waals surface area contributed by atoms with Crippen molar-refractivity contribution in [3.05, 3.63) is 52.6 Å². The second kappa shape index (κ2) is 7.38. The fourth-order valence-electron chi connectivity index (χ4n) is 3.74. The second-order valence-corrected chi connectivity index (χ2v) is 6.35. The van der Waals surface area contributed by atoms with Crippen molar-refractivity contribution in [3.63, 3.8) is 0 Å². The molecule has 2 aliphatic heterocycles. The molecule has 1 atom stereocenters. The van der Waals surface area contributed by atoms with Gasteiger partial charge in [0.15, 0.2) is 0 Å². The number of hydrogen-bond acceptors (Lipinski definition) is 7. The van der Waals surface area contributed by atoms with Crippen molar-refractivity contribution in [1.29, 1.82) is 0 Å². The van der Waals surface area contributed by atoms with Gasteiger partial charge in [-0.25, -0.2) is 9.59 Å². The van der Waals surface area contributed by atoms with E-state index in [0.29, 0.717) is 24.1 Å². The van der Waals surface area contributed by atoms with Gasteiger partial charge in [0.25, 0.3) is 0 Å². The molecule has 28 heavy (non-hydrogen) atoms. The number of methoxy groups -OCH3 is 1. The molecule has 0 saturated heterocycles. The molecule has 1 amide bonds. The van der Waals surface area contributed by atoms with Crippen molar-refractivity contribution in [2.24, 2.45) is 5.73 Å². The fourth-order valence-corrected chi connectivity index (χ4v) is 3.74. The van der Waals surface area contributed by atoms with E-state index in [4.69, 9.17) is 19.9 Å². The summed E-state index contributed by atoms with van der Waals surface area (Å²) < 4.78 is 15.8. The van der Waals surface area contributed by atoms with Gasteiger partial charge in [0.1, 0.15) is 22.3 Å². The molecule has 3 N–H and O–H groups in total. The number of amides is 1. The molecule has 1 unspecified atom stereocenters. The highest BCUT2D eigenvalue weighted by Crippen LogP contribution is 2.52. The Hall–Kier alpha value is -3.29. The maximum atomic E-state index is 13.3. The number of rotatable bonds is 5. The summed E-state index contributed by atoms with van der Waals surface area (Å²) in [5.74, 6) is -2.25. The maximum Gasteiger partial charge on any atom is 0.340 e. The van der Waals surface area contributed by atoms with Crippen LogP contribution in [0, 0.1) is 0 Å². The SMILES string of the molecule is CCCC1=C(C(=O)OCC)C2(C(=O)Nc3ccccc32)C(C(=O)OC)=C(N)O1. The van der Waals surface area contributed by atoms with Crippen LogP contribution in [-0.4, -0.2) is 31.6 Å². The van der Waals surface area contributed by atoms with Crippen LogP contribution >= 0.6 is 0 Å². The standard InChI is InChI=1S/C20H22N2O6/c1-4-8-13-14(18(24)27-5-2)20(15(16(21)28-13)17(23)26-3)11-9-6-7-10-12(11)22-19(20)25/h6-7,9-10H,4-5,8,21H2,1-3H3,(H,22,25). The lowest BCUT2D eigenvalue weighted by Gasteiger charge is -2.36. The summed E-state index contributed by atoms with van der Waals surface area (Å²) in [7, 11) is 1.17. The number of anilines is 1. The van der Waals surface area contributed by atoms with Crippen LogP contribution in [0.1, 0.15) is 32.3 Å². The molecule has 0 bridgehead atoms. The minimum absolute atomic E-state index is 0.0479. The Morgan fingerprint density at radius 2 is 1.89 bits per heavy atom. The largest absolute Gasteiger partial charge is 0.465 e. The highest BCUT2D eigenvalue weighted by Gasteiger charge is 2.61. The molecule has 8 nitrogen and oxygen atoms in total. The summed E-state index contributed by atoms with van der Waals surface area (Å²) in [6.07, 6.45) is 0.957. The Bertz CT molecular complexity index is 917. The second-order valence-electron chi connectivity index (χ2n) is 6.35. The van der Waals surface area contributed by atoms with Gasteiger partial charge in [-0.05, 0) is 19.4 Å². The Morgan fingerprint density at radius 3 is 2.54 bits per heavy atom. The van der Waals surface area contributed by atoms with Gasteiger partial charge in [0.2, 0.25) is 11.8 Å². The molecule has 8 heteroatoms. The Morgan fingerprint density at radius 1 is 1.18 bits per heavy atom. The predicted molar refractivity (Wildman–Crippen MR) is 99.6 cm³/mol. The van der Waals surface area contributed by atoms with Crippen molar-refractivity contribution < 1.29 is 28.6 Å². The summed E-state index contributed by atoms with van der Waals surface area (Å²) in [5.41, 5.74) is 4.88. The molecular formula is C20H22N2O6. The van der Waals surface area contributed by atoms with Crippen molar-refractivity contribution in [2.45, 2.75) is 32.1 Å². The molecule has 3 rings (SSSR count). The number of nitrogens with two attached hydrogens (primary N) is 1. The summed E-state index contributed by atoms with van der Waals surface area (Å²) in [6.45, 7) is 3.64. The van der Waals surface area contributed by atoms with Crippen molar-refractivity contribution in [3.8, 4) is 0 Å². The van der Waals surface area contributed by atoms with Crippen LogP contribution in [0.2, 0.25) is 0 Å². The topological polar surface area (TPSA) is 117 Å². The number of hydrogen-bond donors (Lipinski definition) is 2. The van der Waals surface area contributed by atoms with E-state index < -0.39 is 23.3 Å². The van der Waals surface area contributed by atoms with Crippen LogP contribution in [0.4, 0.5) is 5.69 Å². The minimum Gasteiger partial charge on any atom is -0.465 e. The summed E-state index contributed by atoms with van der Waals surface area (Å²) in [4.78, 5) is 39.0. The molecule has 0 saturated carbocycles. The van der Waals surface area contributed by atoms with Gasteiger partial charge in [0.05, 0.1) is 13.7 Å². The maximum absolute atomic E-state index is 13.3. The quantitative estimate of drug-likeness (QED) is 0.742. The van der Waals surface area contributed by atoms with Gasteiger partial charge in [-0.2, -0.15) is 0 Å². The van der Waals surface area contributed by atoms with E-state index in [1.165, 1.54) is 7.11 Å². The molecule has 0 fully saturated rings. The lowest BCUT2D eigenvalue weighted by Crippen LogP contribution is -2.48. The molecule has 0 aliphatic carbocycles. The molecule has 1 aromatic carbocycles. The van der Waals surface area contributed by atoms with Crippen molar-refractivity contribution in [1.82, 2.24) is 0 Å². The van der Waals surface area contributed by atoms with Crippen molar-refractivity contribution in [2.75, 3.05) is 19.0 Å². The summed E-state index contributed by atoms with van der Waals surface area (Å²) in [6, 6.07) is 6.80. The number of carbonyl (C=O) groups excluding carboxylic acids is 3. The Kier molecular flexibility index (Phi) is 5.13. The van der Waals surface area contributed by atoms with Gasteiger partial charge >= 0.3 is 11.9 Å². The highest BCUT2D eigenvalue weighted by atomic mass is 16.5. The van der Waals surface area contributed by atoms with E-state index in [2.05, 4.69) is 5.32 Å². The highest BCUT2D eigenvalue weighted by molar-refractivity contribution is 6.21. The van der Waals surface area contributed by atoms with Crippen LogP contribution in [0.5, 0.6) is 0 Å². The van der Waals surface area contributed by atoms with E-state index in [-0.39, 0.29) is 29.4 Å². The zero-order valence-corrected chi connectivity index (χ0v) is 16.0. The Balaban J connectivity index is 2.42. The molecule has 1 spiro atoms. The number of esters is 2. The first-order valence-corrected chi connectivity index (χ1v) is 9.01. The third kappa shape index (κ3) is 2.64. The van der Waals surface area contributed by atoms with Crippen molar-refractivity contribution >= 4 is 23.5 Å².